The molecule has 0 aromatic carbocycles. The van der Waals surface area contributed by atoms with Crippen LogP contribution in [-0.2, 0) is 24.0 Å². The second kappa shape index (κ2) is 12.0. The number of primary amides is 1. The van der Waals surface area contributed by atoms with Gasteiger partial charge in [0.1, 0.15) is 18.6 Å². The molecule has 11 heteroatoms. The zero-order valence-corrected chi connectivity index (χ0v) is 16.8. The third-order valence-corrected chi connectivity index (χ3v) is 4.44. The van der Waals surface area contributed by atoms with Gasteiger partial charge in [-0.25, -0.2) is 0 Å². The summed E-state index contributed by atoms with van der Waals surface area (Å²) in [4.78, 5) is 59.1. The molecule has 3 unspecified atom stereocenters. The smallest absolute Gasteiger partial charge is 0.322 e. The number of hydrogen-bond donors (Lipinski definition) is 6. The van der Waals surface area contributed by atoms with E-state index in [1.54, 1.807) is 0 Å². The Balaban J connectivity index is 2.81. The highest BCUT2D eigenvalue weighted by Gasteiger charge is 2.30. The fourth-order valence-corrected chi connectivity index (χ4v) is 3.00. The predicted octanol–water partition coefficient (Wildman–Crippen LogP) is -1.78. The number of rotatable bonds is 12. The molecular weight excluding hydrogens is 382 g/mol. The summed E-state index contributed by atoms with van der Waals surface area (Å²) in [5.41, 5.74) is 5.11. The zero-order valence-electron chi connectivity index (χ0n) is 16.8. The molecule has 3 atom stereocenters. The zero-order chi connectivity index (χ0) is 22.0. The second-order valence-corrected chi connectivity index (χ2v) is 7.52. The summed E-state index contributed by atoms with van der Waals surface area (Å²) in [6.07, 6.45) is 1.65. The maximum Gasteiger partial charge on any atom is 0.322 e. The van der Waals surface area contributed by atoms with Crippen LogP contribution in [-0.4, -0.2) is 65.9 Å². The number of nitrogens with two attached hydrogens (primary N) is 1. The van der Waals surface area contributed by atoms with Crippen LogP contribution in [0.3, 0.4) is 0 Å². The van der Waals surface area contributed by atoms with Gasteiger partial charge in [-0.2, -0.15) is 0 Å². The molecule has 1 rings (SSSR count). The van der Waals surface area contributed by atoms with Crippen LogP contribution in [0.2, 0.25) is 0 Å². The quantitative estimate of drug-likeness (QED) is 0.219. The van der Waals surface area contributed by atoms with Crippen molar-refractivity contribution in [3.63, 3.8) is 0 Å². The number of hydrogen-bond acceptors (Lipinski definition) is 6. The van der Waals surface area contributed by atoms with Crippen LogP contribution < -0.4 is 27.0 Å². The van der Waals surface area contributed by atoms with Crippen LogP contribution in [0.5, 0.6) is 0 Å². The maximum absolute atomic E-state index is 12.8. The lowest BCUT2D eigenvalue weighted by Gasteiger charge is -2.25. The fraction of sp³-hybridized carbons (Fsp3) is 0.722. The van der Waals surface area contributed by atoms with E-state index in [9.17, 15) is 24.0 Å². The van der Waals surface area contributed by atoms with E-state index in [1.165, 1.54) is 0 Å². The molecule has 0 saturated carbocycles. The summed E-state index contributed by atoms with van der Waals surface area (Å²) in [5.74, 6) is -3.42. The van der Waals surface area contributed by atoms with Gasteiger partial charge < -0.3 is 32.1 Å². The highest BCUT2D eigenvalue weighted by Crippen LogP contribution is 2.10. The minimum atomic E-state index is -1.24. The molecule has 0 aliphatic carbocycles. The van der Waals surface area contributed by atoms with Crippen molar-refractivity contribution in [3.05, 3.63) is 0 Å². The van der Waals surface area contributed by atoms with Crippen molar-refractivity contribution in [3.8, 4) is 0 Å². The summed E-state index contributed by atoms with van der Waals surface area (Å²) in [6, 6.07) is -2.37. The first-order chi connectivity index (χ1) is 13.6. The molecule has 1 saturated heterocycles. The van der Waals surface area contributed by atoms with Gasteiger partial charge >= 0.3 is 5.97 Å². The van der Waals surface area contributed by atoms with Crippen LogP contribution >= 0.6 is 0 Å². The fourth-order valence-electron chi connectivity index (χ4n) is 3.00. The van der Waals surface area contributed by atoms with Gasteiger partial charge in [0.05, 0.1) is 6.04 Å². The molecule has 1 aliphatic rings. The molecule has 0 bridgehead atoms. The van der Waals surface area contributed by atoms with Crippen molar-refractivity contribution in [1.29, 1.82) is 0 Å². The monoisotopic (exact) mass is 413 g/mol. The highest BCUT2D eigenvalue weighted by atomic mass is 16.4. The van der Waals surface area contributed by atoms with E-state index in [-0.39, 0.29) is 30.7 Å². The van der Waals surface area contributed by atoms with E-state index in [2.05, 4.69) is 21.3 Å². The average molecular weight is 413 g/mol. The predicted molar refractivity (Wildman–Crippen MR) is 103 cm³/mol. The van der Waals surface area contributed by atoms with Crippen LogP contribution in [0.1, 0.15) is 46.0 Å². The number of carboxylic acids is 1. The summed E-state index contributed by atoms with van der Waals surface area (Å²) in [7, 11) is 0. The van der Waals surface area contributed by atoms with Crippen LogP contribution in [0.15, 0.2) is 0 Å². The maximum atomic E-state index is 12.8. The van der Waals surface area contributed by atoms with Gasteiger partial charge in [-0.05, 0) is 38.1 Å². The van der Waals surface area contributed by atoms with Crippen molar-refractivity contribution < 1.29 is 29.1 Å². The first kappa shape index (κ1) is 24.3. The minimum Gasteiger partial charge on any atom is -0.480 e. The SMILES string of the molecule is CC(C)CC(NC(=O)C1CCCN1)C(=O)NC(CCC(N)=O)C(=O)NCC(=O)O. The Kier molecular flexibility index (Phi) is 10.1. The Morgan fingerprint density at radius 3 is 2.31 bits per heavy atom. The first-order valence-corrected chi connectivity index (χ1v) is 9.72. The van der Waals surface area contributed by atoms with E-state index >= 15 is 0 Å². The van der Waals surface area contributed by atoms with Gasteiger partial charge in [-0.15, -0.1) is 0 Å². The highest BCUT2D eigenvalue weighted by molar-refractivity contribution is 5.94. The molecule has 0 aromatic heterocycles. The number of nitrogens with one attached hydrogen (secondary N) is 4. The Morgan fingerprint density at radius 2 is 1.79 bits per heavy atom. The lowest BCUT2D eigenvalue weighted by atomic mass is 10.0. The molecule has 29 heavy (non-hydrogen) atoms. The molecule has 1 heterocycles. The van der Waals surface area contributed by atoms with E-state index in [1.807, 2.05) is 13.8 Å². The van der Waals surface area contributed by atoms with Crippen molar-refractivity contribution in [1.82, 2.24) is 21.3 Å². The molecule has 0 radical (unpaired) electrons. The largest absolute Gasteiger partial charge is 0.480 e. The number of carbonyl (C=O) groups excluding carboxylic acids is 4. The van der Waals surface area contributed by atoms with Gasteiger partial charge in [0.2, 0.25) is 23.6 Å². The van der Waals surface area contributed by atoms with Crippen LogP contribution in [0.4, 0.5) is 0 Å². The van der Waals surface area contributed by atoms with Gasteiger partial charge in [-0.1, -0.05) is 13.8 Å². The van der Waals surface area contributed by atoms with Crippen molar-refractivity contribution >= 4 is 29.6 Å². The Morgan fingerprint density at radius 1 is 1.10 bits per heavy atom. The molecule has 0 spiro atoms. The second-order valence-electron chi connectivity index (χ2n) is 7.52. The van der Waals surface area contributed by atoms with Crippen LogP contribution in [0.25, 0.3) is 0 Å². The van der Waals surface area contributed by atoms with E-state index < -0.39 is 42.3 Å². The van der Waals surface area contributed by atoms with Crippen LogP contribution in [0, 0.1) is 5.92 Å². The van der Waals surface area contributed by atoms with Crippen molar-refractivity contribution in [2.24, 2.45) is 11.7 Å². The standard InChI is InChI=1S/C18H31N5O6/c1-10(2)8-13(23-17(28)11-4-3-7-20-11)18(29)22-12(5-6-14(19)24)16(27)21-9-15(25)26/h10-13,20H,3-9H2,1-2H3,(H2,19,24)(H,21,27)(H,22,29)(H,23,28)(H,25,26). The third kappa shape index (κ3) is 9.37. The van der Waals surface area contributed by atoms with Crippen molar-refractivity contribution in [2.45, 2.75) is 64.1 Å². The molecule has 7 N–H and O–H groups in total. The molecule has 164 valence electrons. The number of carboxylic acid groups (broad SMARTS) is 1. The van der Waals surface area contributed by atoms with E-state index in [0.717, 1.165) is 13.0 Å². The molecule has 11 nitrogen and oxygen atoms in total. The molecule has 1 aliphatic heterocycles. The molecular formula is C18H31N5O6. The lowest BCUT2D eigenvalue weighted by Crippen LogP contribution is -2.56. The van der Waals surface area contributed by atoms with Gasteiger partial charge in [0.25, 0.3) is 0 Å². The topological polar surface area (TPSA) is 180 Å². The summed E-state index contributed by atoms with van der Waals surface area (Å²) in [5, 5.41) is 19.2. The average Bonchev–Trinajstić information content (AvgIpc) is 3.16. The third-order valence-electron chi connectivity index (χ3n) is 4.44. The number of carbonyl (C=O) groups is 5. The normalized spacial score (nSPS) is 18.0. The van der Waals surface area contributed by atoms with Crippen molar-refractivity contribution in [2.75, 3.05) is 13.1 Å². The Bertz CT molecular complexity index is 618. The number of amides is 4. The first-order valence-electron chi connectivity index (χ1n) is 9.72. The van der Waals surface area contributed by atoms with E-state index in [4.69, 9.17) is 10.8 Å². The lowest BCUT2D eigenvalue weighted by molar-refractivity contribution is -0.138. The molecule has 0 aromatic rings. The minimum absolute atomic E-state index is 0.0843. The Hall–Kier alpha value is -2.69. The molecule has 4 amide bonds. The van der Waals surface area contributed by atoms with E-state index in [0.29, 0.717) is 12.8 Å². The summed E-state index contributed by atoms with van der Waals surface area (Å²) in [6.45, 7) is 3.90. The van der Waals surface area contributed by atoms with Gasteiger partial charge in [0.15, 0.2) is 0 Å². The summed E-state index contributed by atoms with van der Waals surface area (Å²) < 4.78 is 0. The van der Waals surface area contributed by atoms with Gasteiger partial charge in [0, 0.05) is 6.42 Å². The molecule has 1 fully saturated rings. The summed E-state index contributed by atoms with van der Waals surface area (Å²) >= 11 is 0. The number of aliphatic carboxylic acids is 1. The van der Waals surface area contributed by atoms with Gasteiger partial charge in [-0.3, -0.25) is 24.0 Å². The Labute approximate surface area is 169 Å².